The molecule has 5 atom stereocenters. The molecule has 0 bridgehead atoms. The van der Waals surface area contributed by atoms with Gasteiger partial charge in [0.25, 0.3) is 0 Å². The summed E-state index contributed by atoms with van der Waals surface area (Å²) >= 11 is 7.73. The zero-order valence-corrected chi connectivity index (χ0v) is 23.5. The van der Waals surface area contributed by atoms with Crippen molar-refractivity contribution in [3.63, 3.8) is 0 Å². The standard InChI is InChI=1S/C21H38Br2O5Si/c1-10-25-18(24)21(8,9)15-11-13(22)16(23)17-14(27-15)12-26-29(28-17,19(2,3)4)20(5,6)7/h13-17H,10-12H2,1-9H3/t13-,14-,15+,16+,17+/m1/s1. The van der Waals surface area contributed by atoms with Crippen molar-refractivity contribution in [3.05, 3.63) is 0 Å². The van der Waals surface area contributed by atoms with Crippen molar-refractivity contribution < 1.29 is 23.1 Å². The number of halogens is 2. The maximum Gasteiger partial charge on any atom is 0.349 e. The van der Waals surface area contributed by atoms with E-state index in [0.717, 1.165) is 0 Å². The number of fused-ring (bicyclic) bond motifs is 1. The summed E-state index contributed by atoms with van der Waals surface area (Å²) in [5.41, 5.74) is -0.760. The van der Waals surface area contributed by atoms with Gasteiger partial charge in [-0.15, -0.1) is 0 Å². The summed E-state index contributed by atoms with van der Waals surface area (Å²) in [6, 6.07) is 0. The Hall–Kier alpha value is 0.527. The third kappa shape index (κ3) is 4.82. The van der Waals surface area contributed by atoms with Crippen LogP contribution in [-0.2, 0) is 23.1 Å². The highest BCUT2D eigenvalue weighted by atomic mass is 79.9. The molecule has 2 fully saturated rings. The highest BCUT2D eigenvalue weighted by Gasteiger charge is 2.64. The minimum Gasteiger partial charge on any atom is -0.466 e. The molecule has 2 rings (SSSR count). The van der Waals surface area contributed by atoms with Gasteiger partial charge in [-0.3, -0.25) is 4.79 Å². The molecule has 2 heterocycles. The summed E-state index contributed by atoms with van der Waals surface area (Å²) in [6.45, 7) is 19.7. The third-order valence-corrected chi connectivity index (χ3v) is 14.1. The highest BCUT2D eigenvalue weighted by Crippen LogP contribution is 2.55. The van der Waals surface area contributed by atoms with E-state index in [1.807, 2.05) is 20.8 Å². The number of hydrogen-bond donors (Lipinski definition) is 0. The summed E-state index contributed by atoms with van der Waals surface area (Å²) < 4.78 is 25.4. The van der Waals surface area contributed by atoms with Gasteiger partial charge in [0.2, 0.25) is 0 Å². The number of carbonyl (C=O) groups excluding carboxylic acids is 1. The zero-order valence-electron chi connectivity index (χ0n) is 19.3. The fraction of sp³-hybridized carbons (Fsp3) is 0.952. The second-order valence-corrected chi connectivity index (χ2v) is 17.8. The van der Waals surface area contributed by atoms with Crippen molar-refractivity contribution in [2.75, 3.05) is 13.2 Å². The van der Waals surface area contributed by atoms with Crippen molar-refractivity contribution in [1.82, 2.24) is 0 Å². The van der Waals surface area contributed by atoms with E-state index in [9.17, 15) is 4.79 Å². The van der Waals surface area contributed by atoms with Crippen molar-refractivity contribution in [2.24, 2.45) is 5.41 Å². The van der Waals surface area contributed by atoms with Crippen molar-refractivity contribution in [2.45, 2.75) is 107 Å². The minimum absolute atomic E-state index is 0.0518. The van der Waals surface area contributed by atoms with Crippen LogP contribution >= 0.6 is 31.9 Å². The van der Waals surface area contributed by atoms with E-state index in [2.05, 4.69) is 73.4 Å². The summed E-state index contributed by atoms with van der Waals surface area (Å²) in [6.07, 6.45) is -0.0173. The van der Waals surface area contributed by atoms with E-state index >= 15 is 0 Å². The summed E-state index contributed by atoms with van der Waals surface area (Å²) in [5.74, 6) is -0.236. The first-order valence-corrected chi connectivity index (χ1v) is 14.2. The maximum atomic E-state index is 12.6. The molecule has 0 aromatic carbocycles. The molecule has 0 aromatic rings. The number of carbonyl (C=O) groups is 1. The Bertz CT molecular complexity index is 585. The Morgan fingerprint density at radius 2 is 1.62 bits per heavy atom. The van der Waals surface area contributed by atoms with Gasteiger partial charge in [-0.2, -0.15) is 0 Å². The van der Waals surface area contributed by atoms with Crippen LogP contribution in [0.25, 0.3) is 0 Å². The van der Waals surface area contributed by atoms with Crippen LogP contribution in [0.3, 0.4) is 0 Å². The summed E-state index contributed by atoms with van der Waals surface area (Å²) in [5, 5.41) is -0.193. The Morgan fingerprint density at radius 1 is 1.07 bits per heavy atom. The fourth-order valence-electron chi connectivity index (χ4n) is 4.61. The number of rotatable bonds is 3. The average Bonchev–Trinajstić information content (AvgIpc) is 2.70. The molecule has 8 heteroatoms. The smallest absolute Gasteiger partial charge is 0.349 e. The quantitative estimate of drug-likeness (QED) is 0.252. The Morgan fingerprint density at radius 3 is 2.10 bits per heavy atom. The third-order valence-electron chi connectivity index (χ3n) is 6.14. The average molecular weight is 558 g/mol. The monoisotopic (exact) mass is 556 g/mol. The number of esters is 1. The Kier molecular flexibility index (Phi) is 7.84. The Balaban J connectivity index is 2.37. The molecule has 29 heavy (non-hydrogen) atoms. The van der Waals surface area contributed by atoms with Crippen LogP contribution in [0.5, 0.6) is 0 Å². The molecule has 0 saturated carbocycles. The molecule has 2 saturated heterocycles. The van der Waals surface area contributed by atoms with Gasteiger partial charge >= 0.3 is 14.5 Å². The van der Waals surface area contributed by atoms with Gasteiger partial charge < -0.3 is 18.3 Å². The molecule has 0 N–H and O–H groups in total. The van der Waals surface area contributed by atoms with E-state index in [1.165, 1.54) is 0 Å². The molecule has 0 spiro atoms. The van der Waals surface area contributed by atoms with Gasteiger partial charge in [-0.25, -0.2) is 0 Å². The number of ether oxygens (including phenoxy) is 2. The van der Waals surface area contributed by atoms with Gasteiger partial charge in [0.15, 0.2) is 0 Å². The first-order valence-electron chi connectivity index (χ1n) is 10.5. The lowest BCUT2D eigenvalue weighted by atomic mass is 9.84. The molecule has 2 aliphatic rings. The van der Waals surface area contributed by atoms with Crippen molar-refractivity contribution in [1.29, 1.82) is 0 Å². The van der Waals surface area contributed by atoms with Crippen LogP contribution in [0.1, 0.15) is 68.7 Å². The maximum absolute atomic E-state index is 12.6. The van der Waals surface area contributed by atoms with Crippen LogP contribution in [-0.4, -0.2) is 55.7 Å². The molecular weight excluding hydrogens is 520 g/mol. The highest BCUT2D eigenvalue weighted by molar-refractivity contribution is 9.12. The summed E-state index contributed by atoms with van der Waals surface area (Å²) in [4.78, 5) is 12.8. The predicted molar refractivity (Wildman–Crippen MR) is 125 cm³/mol. The second kappa shape index (κ2) is 8.81. The Labute approximate surface area is 194 Å². The normalized spacial score (nSPS) is 33.6. The first kappa shape index (κ1) is 25.8. The van der Waals surface area contributed by atoms with Crippen molar-refractivity contribution >= 4 is 46.4 Å². The second-order valence-electron chi connectivity index (χ2n) is 10.8. The van der Waals surface area contributed by atoms with Gasteiger partial charge in [0.05, 0.1) is 35.7 Å². The van der Waals surface area contributed by atoms with Crippen molar-refractivity contribution in [3.8, 4) is 0 Å². The van der Waals surface area contributed by atoms with Crippen LogP contribution in [0.4, 0.5) is 0 Å². The molecule has 170 valence electrons. The molecule has 5 nitrogen and oxygen atoms in total. The van der Waals surface area contributed by atoms with E-state index < -0.39 is 14.0 Å². The largest absolute Gasteiger partial charge is 0.466 e. The lowest BCUT2D eigenvalue weighted by molar-refractivity contribution is -0.176. The molecule has 0 unspecified atom stereocenters. The van der Waals surface area contributed by atoms with Gasteiger partial charge in [-0.1, -0.05) is 73.4 Å². The number of alkyl halides is 2. The molecule has 0 amide bonds. The zero-order chi connectivity index (χ0) is 22.4. The molecule has 0 aliphatic carbocycles. The molecule has 0 aromatic heterocycles. The van der Waals surface area contributed by atoms with Gasteiger partial charge in [-0.05, 0) is 27.2 Å². The van der Waals surface area contributed by atoms with Gasteiger partial charge in [0.1, 0.15) is 6.10 Å². The van der Waals surface area contributed by atoms with Crippen LogP contribution < -0.4 is 0 Å². The first-order chi connectivity index (χ1) is 13.1. The van der Waals surface area contributed by atoms with Crippen LogP contribution in [0, 0.1) is 5.41 Å². The predicted octanol–water partition coefficient (Wildman–Crippen LogP) is 5.72. The fourth-order valence-corrected chi connectivity index (χ4v) is 11.1. The van der Waals surface area contributed by atoms with E-state index in [0.29, 0.717) is 19.6 Å². The van der Waals surface area contributed by atoms with Crippen LogP contribution in [0.2, 0.25) is 10.1 Å². The molecule has 0 radical (unpaired) electrons. The SMILES string of the molecule is CCOC(=O)C(C)(C)[C@@H]1C[C@@H](Br)[C@H](Br)[C@H]2O[Si](C(C)(C)C)(C(C)(C)C)OC[C@H]2O1. The number of hydrogen-bond acceptors (Lipinski definition) is 5. The minimum atomic E-state index is -2.61. The van der Waals surface area contributed by atoms with Gasteiger partial charge in [0, 0.05) is 14.9 Å². The van der Waals surface area contributed by atoms with E-state index in [-0.39, 0.29) is 44.0 Å². The topological polar surface area (TPSA) is 54.0 Å². The lowest BCUT2D eigenvalue weighted by Gasteiger charge is -2.55. The lowest BCUT2D eigenvalue weighted by Crippen LogP contribution is -2.66. The molecular formula is C21H38Br2O5Si. The van der Waals surface area contributed by atoms with E-state index in [1.54, 1.807) is 0 Å². The van der Waals surface area contributed by atoms with Crippen LogP contribution in [0.15, 0.2) is 0 Å². The molecule has 2 aliphatic heterocycles. The summed E-state index contributed by atoms with van der Waals surface area (Å²) in [7, 11) is -2.61. The van der Waals surface area contributed by atoms with E-state index in [4.69, 9.17) is 18.3 Å².